The number of nitrogens with zero attached hydrogens (tertiary/aromatic N) is 1. The summed E-state index contributed by atoms with van der Waals surface area (Å²) in [7, 11) is 0. The number of rotatable bonds is 6. The van der Waals surface area contributed by atoms with Crippen LogP contribution in [0.5, 0.6) is 0 Å². The van der Waals surface area contributed by atoms with Crippen LogP contribution in [0.15, 0.2) is 30.3 Å². The summed E-state index contributed by atoms with van der Waals surface area (Å²) in [5, 5.41) is 3.46. The van der Waals surface area contributed by atoms with Gasteiger partial charge in [0.15, 0.2) is 0 Å². The topological polar surface area (TPSA) is 15.3 Å². The van der Waals surface area contributed by atoms with Gasteiger partial charge in [0.2, 0.25) is 0 Å². The fourth-order valence-electron chi connectivity index (χ4n) is 2.85. The highest BCUT2D eigenvalue weighted by atomic mass is 15.2. The van der Waals surface area contributed by atoms with Gasteiger partial charge in [0, 0.05) is 12.6 Å². The molecule has 0 unspecified atom stereocenters. The van der Waals surface area contributed by atoms with Crippen LogP contribution in [0, 0.1) is 0 Å². The second-order valence-electron chi connectivity index (χ2n) is 5.25. The van der Waals surface area contributed by atoms with Crippen molar-refractivity contribution in [1.82, 2.24) is 10.2 Å². The molecule has 0 bridgehead atoms. The van der Waals surface area contributed by atoms with E-state index in [-0.39, 0.29) is 0 Å². The zero-order valence-corrected chi connectivity index (χ0v) is 11.6. The zero-order valence-electron chi connectivity index (χ0n) is 11.6. The number of piperidine rings is 1. The predicted octanol–water partition coefficient (Wildman–Crippen LogP) is 2.69. The maximum atomic E-state index is 3.46. The molecule has 1 aromatic carbocycles. The number of benzene rings is 1. The largest absolute Gasteiger partial charge is 0.317 e. The summed E-state index contributed by atoms with van der Waals surface area (Å²) in [6, 6.07) is 11.7. The monoisotopic (exact) mass is 246 g/mol. The standard InChI is InChI=1S/C16H26N2/c1-2-13-18(16-8-11-17-12-9-16)14-10-15-6-4-3-5-7-15/h3-7,16-17H,2,8-14H2,1H3. The molecule has 1 aromatic rings. The van der Waals surface area contributed by atoms with E-state index in [1.165, 1.54) is 57.4 Å². The highest BCUT2D eigenvalue weighted by Crippen LogP contribution is 2.13. The number of hydrogen-bond donors (Lipinski definition) is 1. The van der Waals surface area contributed by atoms with Gasteiger partial charge in [0.05, 0.1) is 0 Å². The lowest BCUT2D eigenvalue weighted by atomic mass is 10.0. The summed E-state index contributed by atoms with van der Waals surface area (Å²) in [5.74, 6) is 0. The van der Waals surface area contributed by atoms with Crippen molar-refractivity contribution in [3.63, 3.8) is 0 Å². The lowest BCUT2D eigenvalue weighted by Crippen LogP contribution is -2.44. The Labute approximate surface area is 111 Å². The van der Waals surface area contributed by atoms with Crippen LogP contribution in [0.1, 0.15) is 31.7 Å². The van der Waals surface area contributed by atoms with Gasteiger partial charge in [-0.25, -0.2) is 0 Å². The Balaban J connectivity index is 1.85. The third-order valence-corrected chi connectivity index (χ3v) is 3.87. The molecule has 2 heteroatoms. The predicted molar refractivity (Wildman–Crippen MR) is 77.9 cm³/mol. The molecule has 0 aromatic heterocycles. The fraction of sp³-hybridized carbons (Fsp3) is 0.625. The van der Waals surface area contributed by atoms with Gasteiger partial charge in [-0.2, -0.15) is 0 Å². The zero-order chi connectivity index (χ0) is 12.6. The Morgan fingerprint density at radius 1 is 1.11 bits per heavy atom. The van der Waals surface area contributed by atoms with Crippen molar-refractivity contribution in [1.29, 1.82) is 0 Å². The quantitative estimate of drug-likeness (QED) is 0.830. The summed E-state index contributed by atoms with van der Waals surface area (Å²) in [6.45, 7) is 7.13. The van der Waals surface area contributed by atoms with Crippen LogP contribution in [-0.2, 0) is 6.42 Å². The molecule has 0 amide bonds. The van der Waals surface area contributed by atoms with Crippen LogP contribution in [0.4, 0.5) is 0 Å². The van der Waals surface area contributed by atoms with E-state index in [4.69, 9.17) is 0 Å². The molecule has 0 radical (unpaired) electrons. The first-order chi connectivity index (χ1) is 8.90. The summed E-state index contributed by atoms with van der Waals surface area (Å²) >= 11 is 0. The van der Waals surface area contributed by atoms with Crippen molar-refractivity contribution >= 4 is 0 Å². The first-order valence-electron chi connectivity index (χ1n) is 7.39. The molecule has 2 rings (SSSR count). The van der Waals surface area contributed by atoms with Gasteiger partial charge in [-0.1, -0.05) is 37.3 Å². The van der Waals surface area contributed by atoms with Gasteiger partial charge in [-0.05, 0) is 50.9 Å². The Morgan fingerprint density at radius 2 is 1.83 bits per heavy atom. The number of nitrogens with one attached hydrogen (secondary N) is 1. The average molecular weight is 246 g/mol. The maximum absolute atomic E-state index is 3.46. The maximum Gasteiger partial charge on any atom is 0.0119 e. The van der Waals surface area contributed by atoms with Crippen molar-refractivity contribution in [2.24, 2.45) is 0 Å². The van der Waals surface area contributed by atoms with Crippen LogP contribution in [0.3, 0.4) is 0 Å². The molecule has 100 valence electrons. The first-order valence-corrected chi connectivity index (χ1v) is 7.39. The summed E-state index contributed by atoms with van der Waals surface area (Å²) in [4.78, 5) is 2.70. The Kier molecular flexibility index (Phi) is 5.69. The van der Waals surface area contributed by atoms with Gasteiger partial charge in [-0.15, -0.1) is 0 Å². The van der Waals surface area contributed by atoms with Crippen molar-refractivity contribution in [3.05, 3.63) is 35.9 Å². The lowest BCUT2D eigenvalue weighted by Gasteiger charge is -2.34. The molecule has 0 aliphatic carbocycles. The normalized spacial score (nSPS) is 17.2. The Morgan fingerprint density at radius 3 is 2.50 bits per heavy atom. The van der Waals surface area contributed by atoms with Crippen LogP contribution in [0.2, 0.25) is 0 Å². The van der Waals surface area contributed by atoms with Crippen LogP contribution in [-0.4, -0.2) is 37.1 Å². The van der Waals surface area contributed by atoms with E-state index >= 15 is 0 Å². The second kappa shape index (κ2) is 7.55. The average Bonchev–Trinajstić information content (AvgIpc) is 2.45. The van der Waals surface area contributed by atoms with Crippen molar-refractivity contribution in [2.75, 3.05) is 26.2 Å². The molecule has 2 nitrogen and oxygen atoms in total. The fourth-order valence-corrected chi connectivity index (χ4v) is 2.85. The smallest absolute Gasteiger partial charge is 0.0119 e. The Hall–Kier alpha value is -0.860. The molecule has 1 aliphatic heterocycles. The minimum absolute atomic E-state index is 0.801. The van der Waals surface area contributed by atoms with Gasteiger partial charge in [0.25, 0.3) is 0 Å². The van der Waals surface area contributed by atoms with E-state index < -0.39 is 0 Å². The van der Waals surface area contributed by atoms with Gasteiger partial charge >= 0.3 is 0 Å². The lowest BCUT2D eigenvalue weighted by molar-refractivity contribution is 0.164. The third kappa shape index (κ3) is 4.11. The van der Waals surface area contributed by atoms with Gasteiger partial charge < -0.3 is 5.32 Å². The molecular formula is C16H26N2. The molecule has 1 saturated heterocycles. The van der Waals surface area contributed by atoms with E-state index in [9.17, 15) is 0 Å². The van der Waals surface area contributed by atoms with E-state index in [0.717, 1.165) is 6.04 Å². The minimum Gasteiger partial charge on any atom is -0.317 e. The molecular weight excluding hydrogens is 220 g/mol. The highest BCUT2D eigenvalue weighted by Gasteiger charge is 2.19. The molecule has 18 heavy (non-hydrogen) atoms. The molecule has 0 atom stereocenters. The van der Waals surface area contributed by atoms with E-state index in [1.54, 1.807) is 0 Å². The van der Waals surface area contributed by atoms with Crippen molar-refractivity contribution in [3.8, 4) is 0 Å². The summed E-state index contributed by atoms with van der Waals surface area (Å²) in [6.07, 6.45) is 5.08. The molecule has 1 heterocycles. The summed E-state index contributed by atoms with van der Waals surface area (Å²) in [5.41, 5.74) is 1.47. The number of hydrogen-bond acceptors (Lipinski definition) is 2. The van der Waals surface area contributed by atoms with Crippen LogP contribution < -0.4 is 5.32 Å². The molecule has 1 fully saturated rings. The van der Waals surface area contributed by atoms with Gasteiger partial charge in [-0.3, -0.25) is 4.90 Å². The highest BCUT2D eigenvalue weighted by molar-refractivity contribution is 5.14. The third-order valence-electron chi connectivity index (χ3n) is 3.87. The van der Waals surface area contributed by atoms with E-state index in [2.05, 4.69) is 47.5 Å². The van der Waals surface area contributed by atoms with Crippen molar-refractivity contribution < 1.29 is 0 Å². The van der Waals surface area contributed by atoms with Gasteiger partial charge in [0.1, 0.15) is 0 Å². The SMILES string of the molecule is CCCN(CCc1ccccc1)C1CCNCC1. The second-order valence-corrected chi connectivity index (χ2v) is 5.25. The Bertz CT molecular complexity index is 317. The molecule has 0 spiro atoms. The summed E-state index contributed by atoms with van der Waals surface area (Å²) < 4.78 is 0. The molecule has 1 aliphatic rings. The molecule has 1 N–H and O–H groups in total. The van der Waals surface area contributed by atoms with Crippen molar-refractivity contribution in [2.45, 2.75) is 38.6 Å². The van der Waals surface area contributed by atoms with Crippen LogP contribution in [0.25, 0.3) is 0 Å². The van der Waals surface area contributed by atoms with E-state index in [0.29, 0.717) is 0 Å². The van der Waals surface area contributed by atoms with E-state index in [1.807, 2.05) is 0 Å². The first kappa shape index (κ1) is 13.6. The molecule has 0 saturated carbocycles. The van der Waals surface area contributed by atoms with Crippen LogP contribution >= 0.6 is 0 Å². The minimum atomic E-state index is 0.801.